The van der Waals surface area contributed by atoms with Gasteiger partial charge in [-0.3, -0.25) is 0 Å². The van der Waals surface area contributed by atoms with Crippen LogP contribution in [0.5, 0.6) is 0 Å². The van der Waals surface area contributed by atoms with Gasteiger partial charge < -0.3 is 10.4 Å². The van der Waals surface area contributed by atoms with Crippen LogP contribution in [0.3, 0.4) is 0 Å². The molecule has 1 aromatic carbocycles. The third kappa shape index (κ3) is 3.48. The normalized spacial score (nSPS) is 19.2. The van der Waals surface area contributed by atoms with Crippen molar-refractivity contribution in [2.45, 2.75) is 31.5 Å². The van der Waals surface area contributed by atoms with Crippen molar-refractivity contribution < 1.29 is 18.3 Å². The van der Waals surface area contributed by atoms with Gasteiger partial charge in [0.15, 0.2) is 0 Å². The molecule has 0 bridgehead atoms. The number of aliphatic hydroxyl groups excluding tert-OH is 1. The number of benzene rings is 1. The molecule has 1 atom stereocenters. The van der Waals surface area contributed by atoms with Gasteiger partial charge in [0.25, 0.3) is 0 Å². The van der Waals surface area contributed by atoms with Gasteiger partial charge >= 0.3 is 6.18 Å². The quantitative estimate of drug-likeness (QED) is 0.864. The Morgan fingerprint density at radius 3 is 2.42 bits per heavy atom. The Kier molecular flexibility index (Phi) is 3.87. The van der Waals surface area contributed by atoms with E-state index in [1.54, 1.807) is 13.0 Å². The van der Waals surface area contributed by atoms with Gasteiger partial charge in [-0.15, -0.1) is 0 Å². The van der Waals surface area contributed by atoms with Crippen LogP contribution < -0.4 is 5.32 Å². The lowest BCUT2D eigenvalue weighted by atomic mass is 9.91. The standard InChI is InChI=1S/C14H18F3NO/c1-13(9-19,18-8-10-5-6-10)11-3-2-4-12(7-11)14(15,16)17/h2-4,7,10,18-19H,5-6,8-9H2,1H3. The van der Waals surface area contributed by atoms with E-state index in [1.807, 2.05) is 0 Å². The predicted octanol–water partition coefficient (Wildman–Crippen LogP) is 2.91. The molecule has 0 radical (unpaired) electrons. The van der Waals surface area contributed by atoms with Gasteiger partial charge in [0.2, 0.25) is 0 Å². The van der Waals surface area contributed by atoms with Gasteiger partial charge in [0.05, 0.1) is 17.7 Å². The average molecular weight is 273 g/mol. The summed E-state index contributed by atoms with van der Waals surface area (Å²) in [4.78, 5) is 0. The first-order valence-corrected chi connectivity index (χ1v) is 6.39. The van der Waals surface area contributed by atoms with Crippen LogP contribution >= 0.6 is 0 Å². The van der Waals surface area contributed by atoms with E-state index in [0.717, 1.165) is 31.5 Å². The summed E-state index contributed by atoms with van der Waals surface area (Å²) in [6.07, 6.45) is -2.06. The lowest BCUT2D eigenvalue weighted by Crippen LogP contribution is -2.44. The Morgan fingerprint density at radius 1 is 1.26 bits per heavy atom. The van der Waals surface area contributed by atoms with Gasteiger partial charge in [0.1, 0.15) is 0 Å². The van der Waals surface area contributed by atoms with Crippen LogP contribution in [-0.2, 0) is 11.7 Å². The summed E-state index contributed by atoms with van der Waals surface area (Å²) in [7, 11) is 0. The molecule has 0 aliphatic heterocycles. The fourth-order valence-electron chi connectivity index (χ4n) is 1.98. The monoisotopic (exact) mass is 273 g/mol. The molecular formula is C14H18F3NO. The highest BCUT2D eigenvalue weighted by molar-refractivity contribution is 5.31. The van der Waals surface area contributed by atoms with Crippen molar-refractivity contribution in [3.63, 3.8) is 0 Å². The highest BCUT2D eigenvalue weighted by atomic mass is 19.4. The lowest BCUT2D eigenvalue weighted by molar-refractivity contribution is -0.137. The molecule has 1 fully saturated rings. The first-order chi connectivity index (χ1) is 8.85. The molecule has 1 saturated carbocycles. The summed E-state index contributed by atoms with van der Waals surface area (Å²) in [5, 5.41) is 12.7. The minimum atomic E-state index is -4.36. The molecule has 0 heterocycles. The minimum Gasteiger partial charge on any atom is -0.394 e. The molecule has 0 amide bonds. The number of aliphatic hydroxyl groups is 1. The van der Waals surface area contributed by atoms with Crippen molar-refractivity contribution in [1.29, 1.82) is 0 Å². The molecule has 5 heteroatoms. The van der Waals surface area contributed by atoms with Crippen LogP contribution in [0.15, 0.2) is 24.3 Å². The number of nitrogens with one attached hydrogen (secondary N) is 1. The lowest BCUT2D eigenvalue weighted by Gasteiger charge is -2.30. The van der Waals surface area contributed by atoms with Crippen molar-refractivity contribution in [2.24, 2.45) is 5.92 Å². The van der Waals surface area contributed by atoms with Gasteiger partial charge in [0, 0.05) is 0 Å². The Morgan fingerprint density at radius 2 is 1.89 bits per heavy atom. The zero-order valence-electron chi connectivity index (χ0n) is 10.8. The zero-order chi connectivity index (χ0) is 14.1. The Hall–Kier alpha value is -1.07. The highest BCUT2D eigenvalue weighted by Crippen LogP contribution is 2.33. The van der Waals surface area contributed by atoms with E-state index in [0.29, 0.717) is 11.5 Å². The number of alkyl halides is 3. The van der Waals surface area contributed by atoms with E-state index in [4.69, 9.17) is 0 Å². The molecule has 2 rings (SSSR count). The molecule has 106 valence electrons. The van der Waals surface area contributed by atoms with Gasteiger partial charge in [-0.05, 0) is 49.9 Å². The number of halogens is 3. The van der Waals surface area contributed by atoms with Crippen molar-refractivity contribution in [3.05, 3.63) is 35.4 Å². The fraction of sp³-hybridized carbons (Fsp3) is 0.571. The topological polar surface area (TPSA) is 32.3 Å². The largest absolute Gasteiger partial charge is 0.416 e. The second-order valence-electron chi connectivity index (χ2n) is 5.39. The fourth-order valence-corrected chi connectivity index (χ4v) is 1.98. The third-order valence-corrected chi connectivity index (χ3v) is 3.62. The van der Waals surface area contributed by atoms with E-state index in [1.165, 1.54) is 6.07 Å². The van der Waals surface area contributed by atoms with Gasteiger partial charge in [-0.1, -0.05) is 12.1 Å². The Balaban J connectivity index is 2.21. The van der Waals surface area contributed by atoms with Gasteiger partial charge in [-0.25, -0.2) is 0 Å². The van der Waals surface area contributed by atoms with Crippen LogP contribution in [0.2, 0.25) is 0 Å². The second kappa shape index (κ2) is 5.13. The van der Waals surface area contributed by atoms with Crippen molar-refractivity contribution >= 4 is 0 Å². The van der Waals surface area contributed by atoms with E-state index >= 15 is 0 Å². The summed E-state index contributed by atoms with van der Waals surface area (Å²) in [5.41, 5.74) is -1.05. The van der Waals surface area contributed by atoms with E-state index in [2.05, 4.69) is 5.32 Å². The molecule has 0 spiro atoms. The van der Waals surface area contributed by atoms with Crippen LogP contribution in [0.1, 0.15) is 30.9 Å². The SMILES string of the molecule is CC(CO)(NCC1CC1)c1cccc(C(F)(F)F)c1. The summed E-state index contributed by atoms with van der Waals surface area (Å²) in [6.45, 7) is 2.22. The maximum Gasteiger partial charge on any atom is 0.416 e. The van der Waals surface area contributed by atoms with E-state index in [-0.39, 0.29) is 6.61 Å². The maximum absolute atomic E-state index is 12.7. The van der Waals surface area contributed by atoms with Crippen molar-refractivity contribution in [2.75, 3.05) is 13.2 Å². The molecule has 1 aromatic rings. The molecule has 1 aliphatic carbocycles. The number of hydrogen-bond donors (Lipinski definition) is 2. The molecule has 0 saturated heterocycles. The van der Waals surface area contributed by atoms with Crippen molar-refractivity contribution in [3.8, 4) is 0 Å². The van der Waals surface area contributed by atoms with Crippen LogP contribution in [-0.4, -0.2) is 18.3 Å². The molecule has 19 heavy (non-hydrogen) atoms. The highest BCUT2D eigenvalue weighted by Gasteiger charge is 2.34. The number of rotatable bonds is 5. The van der Waals surface area contributed by atoms with E-state index < -0.39 is 17.3 Å². The number of hydrogen-bond acceptors (Lipinski definition) is 2. The molecular weight excluding hydrogens is 255 g/mol. The van der Waals surface area contributed by atoms with Gasteiger partial charge in [-0.2, -0.15) is 13.2 Å². The minimum absolute atomic E-state index is 0.235. The second-order valence-corrected chi connectivity index (χ2v) is 5.39. The Labute approximate surface area is 110 Å². The predicted molar refractivity (Wildman–Crippen MR) is 66.6 cm³/mol. The summed E-state index contributed by atoms with van der Waals surface area (Å²) >= 11 is 0. The van der Waals surface area contributed by atoms with E-state index in [9.17, 15) is 18.3 Å². The van der Waals surface area contributed by atoms with Crippen LogP contribution in [0.4, 0.5) is 13.2 Å². The first kappa shape index (κ1) is 14.3. The maximum atomic E-state index is 12.7. The molecule has 2 nitrogen and oxygen atoms in total. The zero-order valence-corrected chi connectivity index (χ0v) is 10.8. The van der Waals surface area contributed by atoms with Crippen molar-refractivity contribution in [1.82, 2.24) is 5.32 Å². The van der Waals surface area contributed by atoms with Crippen LogP contribution in [0.25, 0.3) is 0 Å². The summed E-state index contributed by atoms with van der Waals surface area (Å²) in [6, 6.07) is 5.15. The molecule has 2 N–H and O–H groups in total. The average Bonchev–Trinajstić information content (AvgIpc) is 3.19. The first-order valence-electron chi connectivity index (χ1n) is 6.39. The summed E-state index contributed by atoms with van der Waals surface area (Å²) < 4.78 is 38.1. The summed E-state index contributed by atoms with van der Waals surface area (Å²) in [5.74, 6) is 0.594. The molecule has 0 aromatic heterocycles. The Bertz CT molecular complexity index is 443. The van der Waals surface area contributed by atoms with Crippen LogP contribution in [0, 0.1) is 5.92 Å². The third-order valence-electron chi connectivity index (χ3n) is 3.62. The molecule has 1 aliphatic rings. The smallest absolute Gasteiger partial charge is 0.394 e. The molecule has 1 unspecified atom stereocenters.